The first-order valence-electron chi connectivity index (χ1n) is 2.63. The molecule has 0 fully saturated rings. The standard InChI is InChI=1S/C6H11ClO/c1-3-6(2)8-5-4-7/h3H,4-5H2,1-2H3. The second-order valence-corrected chi connectivity index (χ2v) is 1.81. The fourth-order valence-corrected chi connectivity index (χ4v) is 0.360. The summed E-state index contributed by atoms with van der Waals surface area (Å²) in [6, 6.07) is 0. The van der Waals surface area contributed by atoms with Crippen LogP contribution in [0.4, 0.5) is 0 Å². The van der Waals surface area contributed by atoms with E-state index in [0.717, 1.165) is 5.76 Å². The Hall–Kier alpha value is -0.170. The predicted molar refractivity (Wildman–Crippen MR) is 36.1 cm³/mol. The second kappa shape index (κ2) is 4.98. The summed E-state index contributed by atoms with van der Waals surface area (Å²) in [4.78, 5) is 0. The first-order valence-corrected chi connectivity index (χ1v) is 3.16. The number of alkyl halides is 1. The highest BCUT2D eigenvalue weighted by atomic mass is 35.5. The van der Waals surface area contributed by atoms with Gasteiger partial charge in [-0.15, -0.1) is 11.6 Å². The lowest BCUT2D eigenvalue weighted by atomic mass is 10.5. The molecule has 0 aromatic rings. The van der Waals surface area contributed by atoms with Crippen LogP contribution < -0.4 is 0 Å². The van der Waals surface area contributed by atoms with Gasteiger partial charge in [-0.1, -0.05) is 6.08 Å². The van der Waals surface area contributed by atoms with Gasteiger partial charge < -0.3 is 4.74 Å². The van der Waals surface area contributed by atoms with Crippen LogP contribution in [0.15, 0.2) is 11.8 Å². The van der Waals surface area contributed by atoms with E-state index < -0.39 is 0 Å². The zero-order chi connectivity index (χ0) is 6.41. The molecule has 0 aromatic heterocycles. The molecule has 1 nitrogen and oxygen atoms in total. The average molecular weight is 135 g/mol. The number of halogens is 1. The van der Waals surface area contributed by atoms with E-state index in [9.17, 15) is 0 Å². The number of allylic oxidation sites excluding steroid dienone is 2. The Morgan fingerprint density at radius 3 is 2.75 bits per heavy atom. The van der Waals surface area contributed by atoms with E-state index >= 15 is 0 Å². The largest absolute Gasteiger partial charge is 0.497 e. The fourth-order valence-electron chi connectivity index (χ4n) is 0.283. The van der Waals surface area contributed by atoms with Crippen molar-refractivity contribution in [3.63, 3.8) is 0 Å². The molecule has 0 N–H and O–H groups in total. The van der Waals surface area contributed by atoms with Crippen molar-refractivity contribution in [2.24, 2.45) is 0 Å². The maximum atomic E-state index is 5.35. The molecule has 0 spiro atoms. The van der Waals surface area contributed by atoms with Gasteiger partial charge in [0, 0.05) is 0 Å². The Morgan fingerprint density at radius 2 is 2.38 bits per heavy atom. The lowest BCUT2D eigenvalue weighted by Gasteiger charge is -2.00. The van der Waals surface area contributed by atoms with E-state index in [1.165, 1.54) is 0 Å². The lowest BCUT2D eigenvalue weighted by molar-refractivity contribution is 0.233. The third kappa shape index (κ3) is 4.00. The molecule has 48 valence electrons. The van der Waals surface area contributed by atoms with Gasteiger partial charge in [-0.2, -0.15) is 0 Å². The Morgan fingerprint density at radius 1 is 1.75 bits per heavy atom. The molecule has 0 aromatic carbocycles. The molecule has 8 heavy (non-hydrogen) atoms. The zero-order valence-electron chi connectivity index (χ0n) is 5.28. The van der Waals surface area contributed by atoms with Gasteiger partial charge in [0.1, 0.15) is 6.61 Å². The summed E-state index contributed by atoms with van der Waals surface area (Å²) in [6.45, 7) is 4.45. The molecule has 0 heterocycles. The van der Waals surface area contributed by atoms with Crippen molar-refractivity contribution in [1.29, 1.82) is 0 Å². The molecule has 0 aliphatic rings. The van der Waals surface area contributed by atoms with Crippen molar-refractivity contribution in [3.8, 4) is 0 Å². The Bertz CT molecular complexity index is 78.6. The minimum atomic E-state index is 0.561. The van der Waals surface area contributed by atoms with Crippen molar-refractivity contribution in [1.82, 2.24) is 0 Å². The number of rotatable bonds is 3. The van der Waals surface area contributed by atoms with Crippen LogP contribution in [-0.4, -0.2) is 12.5 Å². The summed E-state index contributed by atoms with van der Waals surface area (Å²) in [5, 5.41) is 0. The van der Waals surface area contributed by atoms with Gasteiger partial charge in [0.25, 0.3) is 0 Å². The molecule has 0 aliphatic carbocycles. The zero-order valence-corrected chi connectivity index (χ0v) is 6.03. The predicted octanol–water partition coefficient (Wildman–Crippen LogP) is 2.17. The summed E-state index contributed by atoms with van der Waals surface area (Å²) in [7, 11) is 0. The van der Waals surface area contributed by atoms with Gasteiger partial charge in [-0.25, -0.2) is 0 Å². The molecule has 0 saturated carbocycles. The van der Waals surface area contributed by atoms with Crippen molar-refractivity contribution in [2.45, 2.75) is 13.8 Å². The quantitative estimate of drug-likeness (QED) is 0.425. The van der Waals surface area contributed by atoms with E-state index in [1.807, 2.05) is 19.9 Å². The monoisotopic (exact) mass is 134 g/mol. The smallest absolute Gasteiger partial charge is 0.101 e. The molecule has 0 saturated heterocycles. The maximum Gasteiger partial charge on any atom is 0.101 e. The highest BCUT2D eigenvalue weighted by molar-refractivity contribution is 6.17. The van der Waals surface area contributed by atoms with Crippen LogP contribution in [0.3, 0.4) is 0 Å². The lowest BCUT2D eigenvalue weighted by Crippen LogP contribution is -1.91. The molecule has 0 aliphatic heterocycles. The van der Waals surface area contributed by atoms with Gasteiger partial charge in [0.05, 0.1) is 11.6 Å². The molecule has 0 radical (unpaired) electrons. The normalized spacial score (nSPS) is 11.6. The van der Waals surface area contributed by atoms with Gasteiger partial charge in [-0.05, 0) is 13.8 Å². The first kappa shape index (κ1) is 7.83. The Balaban J connectivity index is 3.12. The molecule has 2 heteroatoms. The molecule has 0 unspecified atom stereocenters. The van der Waals surface area contributed by atoms with Crippen LogP contribution in [0.2, 0.25) is 0 Å². The van der Waals surface area contributed by atoms with Gasteiger partial charge in [-0.3, -0.25) is 0 Å². The van der Waals surface area contributed by atoms with Crippen LogP contribution in [0.1, 0.15) is 13.8 Å². The average Bonchev–Trinajstić information content (AvgIpc) is 1.83. The summed E-state index contributed by atoms with van der Waals surface area (Å²) in [5.74, 6) is 1.50. The number of hydrogen-bond acceptors (Lipinski definition) is 1. The Kier molecular flexibility index (Phi) is 4.87. The van der Waals surface area contributed by atoms with Crippen LogP contribution >= 0.6 is 11.6 Å². The van der Waals surface area contributed by atoms with Crippen LogP contribution in [0.5, 0.6) is 0 Å². The fraction of sp³-hybridized carbons (Fsp3) is 0.667. The van der Waals surface area contributed by atoms with Gasteiger partial charge in [0.15, 0.2) is 0 Å². The van der Waals surface area contributed by atoms with Crippen molar-refractivity contribution in [3.05, 3.63) is 11.8 Å². The third-order valence-corrected chi connectivity index (χ3v) is 0.968. The summed E-state index contributed by atoms with van der Waals surface area (Å²) in [6.07, 6.45) is 1.91. The van der Waals surface area contributed by atoms with Gasteiger partial charge >= 0.3 is 0 Å². The summed E-state index contributed by atoms with van der Waals surface area (Å²) < 4.78 is 5.07. The minimum Gasteiger partial charge on any atom is -0.497 e. The van der Waals surface area contributed by atoms with Crippen molar-refractivity contribution < 1.29 is 4.74 Å². The van der Waals surface area contributed by atoms with E-state index in [2.05, 4.69) is 0 Å². The maximum absolute atomic E-state index is 5.35. The van der Waals surface area contributed by atoms with Crippen LogP contribution in [0.25, 0.3) is 0 Å². The van der Waals surface area contributed by atoms with E-state index in [-0.39, 0.29) is 0 Å². The van der Waals surface area contributed by atoms with Crippen LogP contribution in [0, 0.1) is 0 Å². The van der Waals surface area contributed by atoms with Crippen molar-refractivity contribution in [2.75, 3.05) is 12.5 Å². The first-order chi connectivity index (χ1) is 3.81. The SMILES string of the molecule is CC=C(C)OCCCl. The van der Waals surface area contributed by atoms with E-state index in [1.54, 1.807) is 0 Å². The van der Waals surface area contributed by atoms with E-state index in [0.29, 0.717) is 12.5 Å². The highest BCUT2D eigenvalue weighted by Crippen LogP contribution is 1.93. The second-order valence-electron chi connectivity index (χ2n) is 1.44. The number of ether oxygens (including phenoxy) is 1. The molecular weight excluding hydrogens is 124 g/mol. The molecule has 0 amide bonds. The summed E-state index contributed by atoms with van der Waals surface area (Å²) >= 11 is 5.35. The molecule has 0 rings (SSSR count). The molecular formula is C6H11ClO. The third-order valence-electron chi connectivity index (χ3n) is 0.813. The molecule has 0 bridgehead atoms. The Labute approximate surface area is 55.3 Å². The van der Waals surface area contributed by atoms with Crippen LogP contribution in [-0.2, 0) is 4.74 Å². The van der Waals surface area contributed by atoms with E-state index in [4.69, 9.17) is 16.3 Å². The highest BCUT2D eigenvalue weighted by Gasteiger charge is 1.83. The number of hydrogen-bond donors (Lipinski definition) is 0. The van der Waals surface area contributed by atoms with Crippen molar-refractivity contribution >= 4 is 11.6 Å². The summed E-state index contributed by atoms with van der Waals surface area (Å²) in [5.41, 5.74) is 0. The van der Waals surface area contributed by atoms with Gasteiger partial charge in [0.2, 0.25) is 0 Å². The minimum absolute atomic E-state index is 0.561. The molecule has 0 atom stereocenters. The topological polar surface area (TPSA) is 9.23 Å².